The zero-order valence-electron chi connectivity index (χ0n) is 13.7. The molecule has 1 fully saturated rings. The van der Waals surface area contributed by atoms with Crippen LogP contribution in [0.5, 0.6) is 0 Å². The minimum atomic E-state index is -0.0501. The largest absolute Gasteiger partial charge is 0.461 e. The number of esters is 1. The van der Waals surface area contributed by atoms with Crippen LogP contribution in [0.15, 0.2) is 30.3 Å². The van der Waals surface area contributed by atoms with Gasteiger partial charge >= 0.3 is 5.97 Å². The molecule has 22 heavy (non-hydrogen) atoms. The number of nitrogens with zero attached hydrogens (tertiary/aromatic N) is 1. The molecule has 3 nitrogen and oxygen atoms in total. The lowest BCUT2D eigenvalue weighted by Gasteiger charge is -2.31. The molecule has 2 rings (SSSR count). The van der Waals surface area contributed by atoms with E-state index >= 15 is 0 Å². The van der Waals surface area contributed by atoms with Gasteiger partial charge in [-0.15, -0.1) is 11.8 Å². The van der Waals surface area contributed by atoms with Crippen LogP contribution in [0, 0.1) is 0 Å². The van der Waals surface area contributed by atoms with Gasteiger partial charge in [0.1, 0.15) is 6.10 Å². The number of rotatable bonds is 7. The lowest BCUT2D eigenvalue weighted by atomic mass is 9.97. The third-order valence-electron chi connectivity index (χ3n) is 3.99. The fourth-order valence-corrected chi connectivity index (χ4v) is 4.05. The van der Waals surface area contributed by atoms with Gasteiger partial charge in [-0.2, -0.15) is 0 Å². The van der Waals surface area contributed by atoms with Gasteiger partial charge in [-0.3, -0.25) is 4.79 Å². The molecule has 0 radical (unpaired) electrons. The first-order valence-corrected chi connectivity index (χ1v) is 9.20. The van der Waals surface area contributed by atoms with Gasteiger partial charge in [0, 0.05) is 17.5 Å². The summed E-state index contributed by atoms with van der Waals surface area (Å²) >= 11 is 1.94. The van der Waals surface area contributed by atoms with E-state index in [1.807, 2.05) is 36.8 Å². The summed E-state index contributed by atoms with van der Waals surface area (Å²) in [6, 6.07) is 10.5. The molecule has 0 N–H and O–H groups in total. The average molecular weight is 321 g/mol. The molecule has 0 saturated heterocycles. The maximum atomic E-state index is 12.0. The molecular weight excluding hydrogens is 294 g/mol. The van der Waals surface area contributed by atoms with Crippen molar-refractivity contribution in [1.82, 2.24) is 4.90 Å². The molecule has 1 aliphatic carbocycles. The Hall–Kier alpha value is -1.00. The molecule has 1 aromatic carbocycles. The van der Waals surface area contributed by atoms with Crippen LogP contribution in [-0.4, -0.2) is 42.9 Å². The van der Waals surface area contributed by atoms with Crippen molar-refractivity contribution >= 4 is 17.7 Å². The molecule has 1 aliphatic rings. The van der Waals surface area contributed by atoms with Gasteiger partial charge in [-0.05, 0) is 38.9 Å². The summed E-state index contributed by atoms with van der Waals surface area (Å²) in [4.78, 5) is 14.0. The zero-order valence-corrected chi connectivity index (χ0v) is 14.5. The highest BCUT2D eigenvalue weighted by Gasteiger charge is 2.28. The average Bonchev–Trinajstić information content (AvgIpc) is 2.53. The second-order valence-electron chi connectivity index (χ2n) is 6.20. The number of benzene rings is 1. The van der Waals surface area contributed by atoms with Gasteiger partial charge in [-0.25, -0.2) is 0 Å². The van der Waals surface area contributed by atoms with Crippen LogP contribution in [0.2, 0.25) is 0 Å². The van der Waals surface area contributed by atoms with Crippen LogP contribution in [0.25, 0.3) is 0 Å². The standard InChI is InChI=1S/C18H27NO2S/c1-19(2)13-12-18(20)21-16-10-6-7-11-17(16)22-14-15-8-4-3-5-9-15/h3-5,8-9,16-17H,6-7,10-14H2,1-2H3/t16-,17-/m1/s1. The van der Waals surface area contributed by atoms with Crippen LogP contribution in [0.4, 0.5) is 0 Å². The second kappa shape index (κ2) is 9.21. The lowest BCUT2D eigenvalue weighted by Crippen LogP contribution is -2.33. The summed E-state index contributed by atoms with van der Waals surface area (Å²) < 4.78 is 5.76. The van der Waals surface area contributed by atoms with E-state index in [0.29, 0.717) is 11.7 Å². The predicted molar refractivity (Wildman–Crippen MR) is 93.0 cm³/mol. The third kappa shape index (κ3) is 6.01. The van der Waals surface area contributed by atoms with Gasteiger partial charge in [0.2, 0.25) is 0 Å². The first kappa shape index (κ1) is 17.4. The molecule has 0 spiro atoms. The Balaban J connectivity index is 1.81. The van der Waals surface area contributed by atoms with E-state index in [4.69, 9.17) is 4.74 Å². The topological polar surface area (TPSA) is 29.5 Å². The number of hydrogen-bond donors (Lipinski definition) is 0. The van der Waals surface area contributed by atoms with Crippen molar-refractivity contribution in [3.8, 4) is 0 Å². The van der Waals surface area contributed by atoms with Crippen molar-refractivity contribution in [2.75, 3.05) is 20.6 Å². The predicted octanol–water partition coefficient (Wildman–Crippen LogP) is 3.73. The van der Waals surface area contributed by atoms with Crippen molar-refractivity contribution in [3.05, 3.63) is 35.9 Å². The fraction of sp³-hybridized carbons (Fsp3) is 0.611. The fourth-order valence-electron chi connectivity index (χ4n) is 2.71. The first-order chi connectivity index (χ1) is 10.6. The highest BCUT2D eigenvalue weighted by atomic mass is 32.2. The molecule has 1 aromatic rings. The van der Waals surface area contributed by atoms with Crippen molar-refractivity contribution < 1.29 is 9.53 Å². The van der Waals surface area contributed by atoms with Crippen LogP contribution < -0.4 is 0 Å². The van der Waals surface area contributed by atoms with Crippen LogP contribution in [0.1, 0.15) is 37.7 Å². The number of carbonyl (C=O) groups excluding carboxylic acids is 1. The summed E-state index contributed by atoms with van der Waals surface area (Å²) in [6.45, 7) is 0.757. The van der Waals surface area contributed by atoms with E-state index in [0.717, 1.165) is 25.1 Å². The molecule has 2 atom stereocenters. The summed E-state index contributed by atoms with van der Waals surface area (Å²) in [6.07, 6.45) is 5.17. The highest BCUT2D eigenvalue weighted by molar-refractivity contribution is 7.99. The molecule has 122 valence electrons. The number of carbonyl (C=O) groups is 1. The summed E-state index contributed by atoms with van der Waals surface area (Å²) in [7, 11) is 3.96. The minimum absolute atomic E-state index is 0.0501. The van der Waals surface area contributed by atoms with Crippen molar-refractivity contribution in [2.45, 2.75) is 49.2 Å². The van der Waals surface area contributed by atoms with Crippen molar-refractivity contribution in [1.29, 1.82) is 0 Å². The van der Waals surface area contributed by atoms with Crippen molar-refractivity contribution in [2.24, 2.45) is 0 Å². The molecule has 0 heterocycles. The zero-order chi connectivity index (χ0) is 15.8. The number of thioether (sulfide) groups is 1. The van der Waals surface area contributed by atoms with Gasteiger partial charge in [0.05, 0.1) is 6.42 Å². The van der Waals surface area contributed by atoms with E-state index in [9.17, 15) is 4.79 Å². The lowest BCUT2D eigenvalue weighted by molar-refractivity contribution is -0.150. The Morgan fingerprint density at radius 3 is 2.68 bits per heavy atom. The van der Waals surface area contributed by atoms with E-state index in [1.165, 1.54) is 18.4 Å². The SMILES string of the molecule is CN(C)CCC(=O)O[C@@H]1CCCC[C@H]1SCc1ccccc1. The van der Waals surface area contributed by atoms with Gasteiger partial charge in [-0.1, -0.05) is 36.8 Å². The van der Waals surface area contributed by atoms with Gasteiger partial charge in [0.15, 0.2) is 0 Å². The normalized spacial score (nSPS) is 21.8. The minimum Gasteiger partial charge on any atom is -0.461 e. The molecule has 0 aromatic heterocycles. The Bertz CT molecular complexity index is 450. The summed E-state index contributed by atoms with van der Waals surface area (Å²) in [5, 5.41) is 0.442. The number of ether oxygens (including phenoxy) is 1. The molecule has 0 bridgehead atoms. The molecule has 0 aliphatic heterocycles. The first-order valence-electron chi connectivity index (χ1n) is 8.15. The number of hydrogen-bond acceptors (Lipinski definition) is 4. The van der Waals surface area contributed by atoms with Crippen LogP contribution in [0.3, 0.4) is 0 Å². The van der Waals surface area contributed by atoms with Crippen LogP contribution in [-0.2, 0) is 15.3 Å². The van der Waals surface area contributed by atoms with E-state index < -0.39 is 0 Å². The van der Waals surface area contributed by atoms with Gasteiger partial charge in [0.25, 0.3) is 0 Å². The molecule has 0 amide bonds. The Morgan fingerprint density at radius 2 is 1.95 bits per heavy atom. The maximum absolute atomic E-state index is 12.0. The Morgan fingerprint density at radius 1 is 1.23 bits per heavy atom. The third-order valence-corrected chi connectivity index (χ3v) is 5.46. The van der Waals surface area contributed by atoms with Crippen molar-refractivity contribution in [3.63, 3.8) is 0 Å². The maximum Gasteiger partial charge on any atom is 0.307 e. The smallest absolute Gasteiger partial charge is 0.307 e. The van der Waals surface area contributed by atoms with Crippen LogP contribution >= 0.6 is 11.8 Å². The Labute approximate surface area is 138 Å². The quantitative estimate of drug-likeness (QED) is 0.716. The Kier molecular flexibility index (Phi) is 7.26. The van der Waals surface area contributed by atoms with E-state index in [-0.39, 0.29) is 12.1 Å². The van der Waals surface area contributed by atoms with E-state index in [2.05, 4.69) is 24.3 Å². The molecular formula is C18H27NO2S. The van der Waals surface area contributed by atoms with Gasteiger partial charge < -0.3 is 9.64 Å². The second-order valence-corrected chi connectivity index (χ2v) is 7.43. The summed E-state index contributed by atoms with van der Waals surface area (Å²) in [5.41, 5.74) is 1.34. The highest BCUT2D eigenvalue weighted by Crippen LogP contribution is 2.32. The van der Waals surface area contributed by atoms with E-state index in [1.54, 1.807) is 0 Å². The summed E-state index contributed by atoms with van der Waals surface area (Å²) in [5.74, 6) is 0.947. The molecule has 1 saturated carbocycles. The molecule has 4 heteroatoms. The monoisotopic (exact) mass is 321 g/mol. The molecule has 0 unspecified atom stereocenters.